The largest absolute Gasteiger partial charge is 0.366 e. The van der Waals surface area contributed by atoms with Crippen molar-refractivity contribution in [3.8, 4) is 0 Å². The number of nitrogens with two attached hydrogens (primary N) is 2. The second-order valence-corrected chi connectivity index (χ2v) is 4.07. The Morgan fingerprint density at radius 2 is 2.06 bits per heavy atom. The second kappa shape index (κ2) is 5.45. The Morgan fingerprint density at radius 1 is 1.41 bits per heavy atom. The van der Waals surface area contributed by atoms with Gasteiger partial charge >= 0.3 is 0 Å². The van der Waals surface area contributed by atoms with Crippen LogP contribution in [0.3, 0.4) is 0 Å². The van der Waals surface area contributed by atoms with Crippen LogP contribution in [-0.4, -0.2) is 17.9 Å². The molecule has 17 heavy (non-hydrogen) atoms. The molecule has 0 aromatic heterocycles. The van der Waals surface area contributed by atoms with Gasteiger partial charge in [-0.2, -0.15) is 0 Å². The molecule has 0 radical (unpaired) electrons. The Kier molecular flexibility index (Phi) is 4.23. The monoisotopic (exact) mass is 235 g/mol. The summed E-state index contributed by atoms with van der Waals surface area (Å²) in [6.07, 6.45) is 0.236. The SMILES string of the molecule is Cc1c(NC(=O)CC(C)N)cccc1C(N)=O. The molecule has 0 aliphatic rings. The first-order valence-corrected chi connectivity index (χ1v) is 5.36. The van der Waals surface area contributed by atoms with Gasteiger partial charge in [0.25, 0.3) is 0 Å². The molecule has 0 aliphatic heterocycles. The summed E-state index contributed by atoms with van der Waals surface area (Å²) in [5.41, 5.74) is 12.4. The molecule has 1 atom stereocenters. The predicted molar refractivity (Wildman–Crippen MR) is 66.6 cm³/mol. The lowest BCUT2D eigenvalue weighted by Crippen LogP contribution is -2.24. The lowest BCUT2D eigenvalue weighted by atomic mass is 10.1. The van der Waals surface area contributed by atoms with Crippen molar-refractivity contribution in [1.29, 1.82) is 0 Å². The molecule has 0 bridgehead atoms. The van der Waals surface area contributed by atoms with Crippen molar-refractivity contribution in [1.82, 2.24) is 0 Å². The van der Waals surface area contributed by atoms with Crippen LogP contribution >= 0.6 is 0 Å². The second-order valence-electron chi connectivity index (χ2n) is 4.07. The minimum Gasteiger partial charge on any atom is -0.366 e. The number of anilines is 1. The Labute approximate surface area is 100 Å². The van der Waals surface area contributed by atoms with Gasteiger partial charge in [0.05, 0.1) is 0 Å². The average Bonchev–Trinajstić information content (AvgIpc) is 2.19. The van der Waals surface area contributed by atoms with Gasteiger partial charge in [0, 0.05) is 23.7 Å². The summed E-state index contributed by atoms with van der Waals surface area (Å²) >= 11 is 0. The van der Waals surface area contributed by atoms with E-state index in [9.17, 15) is 9.59 Å². The number of hydrogen-bond donors (Lipinski definition) is 3. The van der Waals surface area contributed by atoms with E-state index in [2.05, 4.69) is 5.32 Å². The van der Waals surface area contributed by atoms with Crippen molar-refractivity contribution in [2.75, 3.05) is 5.32 Å². The molecule has 5 heteroatoms. The minimum absolute atomic E-state index is 0.176. The average molecular weight is 235 g/mol. The van der Waals surface area contributed by atoms with E-state index in [0.717, 1.165) is 0 Å². The molecular weight excluding hydrogens is 218 g/mol. The smallest absolute Gasteiger partial charge is 0.249 e. The van der Waals surface area contributed by atoms with Crippen molar-refractivity contribution < 1.29 is 9.59 Å². The van der Waals surface area contributed by atoms with Gasteiger partial charge in [-0.25, -0.2) is 0 Å². The summed E-state index contributed by atoms with van der Waals surface area (Å²) < 4.78 is 0. The van der Waals surface area contributed by atoms with Crippen LogP contribution in [0.15, 0.2) is 18.2 Å². The fourth-order valence-corrected chi connectivity index (χ4v) is 1.53. The maximum absolute atomic E-state index is 11.5. The lowest BCUT2D eigenvalue weighted by molar-refractivity contribution is -0.116. The van der Waals surface area contributed by atoms with Crippen LogP contribution in [0.2, 0.25) is 0 Å². The molecule has 0 saturated heterocycles. The van der Waals surface area contributed by atoms with Crippen LogP contribution in [0.1, 0.15) is 29.3 Å². The number of rotatable bonds is 4. The standard InChI is InChI=1S/C12H17N3O2/c1-7(13)6-11(16)15-10-5-3-4-9(8(10)2)12(14)17/h3-5,7H,6,13H2,1-2H3,(H2,14,17)(H,15,16). The molecule has 92 valence electrons. The predicted octanol–water partition coefficient (Wildman–Crippen LogP) is 0.770. The summed E-state index contributed by atoms with van der Waals surface area (Å²) in [7, 11) is 0. The highest BCUT2D eigenvalue weighted by Gasteiger charge is 2.11. The Bertz CT molecular complexity index is 441. The zero-order chi connectivity index (χ0) is 13.0. The molecule has 1 unspecified atom stereocenters. The third-order valence-corrected chi connectivity index (χ3v) is 2.38. The van der Waals surface area contributed by atoms with E-state index >= 15 is 0 Å². The zero-order valence-corrected chi connectivity index (χ0v) is 9.99. The molecule has 0 saturated carbocycles. The van der Waals surface area contributed by atoms with E-state index in [1.54, 1.807) is 32.0 Å². The third-order valence-electron chi connectivity index (χ3n) is 2.38. The van der Waals surface area contributed by atoms with Crippen molar-refractivity contribution in [3.05, 3.63) is 29.3 Å². The lowest BCUT2D eigenvalue weighted by Gasteiger charge is -2.11. The van der Waals surface area contributed by atoms with Crippen molar-refractivity contribution in [3.63, 3.8) is 0 Å². The minimum atomic E-state index is -0.509. The summed E-state index contributed by atoms with van der Waals surface area (Å²) in [6.45, 7) is 3.49. The fraction of sp³-hybridized carbons (Fsp3) is 0.333. The Hall–Kier alpha value is -1.88. The molecule has 1 aromatic carbocycles. The Morgan fingerprint density at radius 3 is 2.59 bits per heavy atom. The highest BCUT2D eigenvalue weighted by Crippen LogP contribution is 2.18. The van der Waals surface area contributed by atoms with Crippen LogP contribution in [0.5, 0.6) is 0 Å². The van der Waals surface area contributed by atoms with E-state index in [4.69, 9.17) is 11.5 Å². The molecule has 5 nitrogen and oxygen atoms in total. The normalized spacial score (nSPS) is 11.9. The summed E-state index contributed by atoms with van der Waals surface area (Å²) in [6, 6.07) is 4.82. The van der Waals surface area contributed by atoms with Crippen LogP contribution in [0, 0.1) is 6.92 Å². The first-order valence-electron chi connectivity index (χ1n) is 5.36. The summed E-state index contributed by atoms with van der Waals surface area (Å²) in [5.74, 6) is -0.685. The zero-order valence-electron chi connectivity index (χ0n) is 9.99. The number of amides is 2. The summed E-state index contributed by atoms with van der Waals surface area (Å²) in [4.78, 5) is 22.7. The quantitative estimate of drug-likeness (QED) is 0.718. The molecule has 1 aromatic rings. The van der Waals surface area contributed by atoms with E-state index in [0.29, 0.717) is 16.8 Å². The van der Waals surface area contributed by atoms with Crippen LogP contribution in [0.25, 0.3) is 0 Å². The number of primary amides is 1. The molecule has 0 aliphatic carbocycles. The van der Waals surface area contributed by atoms with E-state index < -0.39 is 5.91 Å². The van der Waals surface area contributed by atoms with Gasteiger partial charge in [0.1, 0.15) is 0 Å². The topological polar surface area (TPSA) is 98.2 Å². The molecule has 0 spiro atoms. The first-order chi connectivity index (χ1) is 7.91. The van der Waals surface area contributed by atoms with Gasteiger partial charge in [-0.15, -0.1) is 0 Å². The first kappa shape index (κ1) is 13.2. The van der Waals surface area contributed by atoms with Gasteiger partial charge in [-0.05, 0) is 31.5 Å². The number of hydrogen-bond acceptors (Lipinski definition) is 3. The third kappa shape index (κ3) is 3.57. The molecule has 1 rings (SSSR count). The molecule has 0 heterocycles. The number of carbonyl (C=O) groups is 2. The number of nitrogens with one attached hydrogen (secondary N) is 1. The highest BCUT2D eigenvalue weighted by molar-refractivity contribution is 5.98. The van der Waals surface area contributed by atoms with Gasteiger partial charge in [-0.1, -0.05) is 6.07 Å². The molecular formula is C12H17N3O2. The van der Waals surface area contributed by atoms with E-state index in [-0.39, 0.29) is 18.4 Å². The molecule has 2 amide bonds. The van der Waals surface area contributed by atoms with Crippen LogP contribution in [-0.2, 0) is 4.79 Å². The van der Waals surface area contributed by atoms with Crippen molar-refractivity contribution in [2.45, 2.75) is 26.3 Å². The van der Waals surface area contributed by atoms with Gasteiger partial charge < -0.3 is 16.8 Å². The molecule has 0 fully saturated rings. The van der Waals surface area contributed by atoms with Crippen LogP contribution in [0.4, 0.5) is 5.69 Å². The molecule has 5 N–H and O–H groups in total. The number of carbonyl (C=O) groups excluding carboxylic acids is 2. The van der Waals surface area contributed by atoms with Crippen molar-refractivity contribution in [2.24, 2.45) is 11.5 Å². The van der Waals surface area contributed by atoms with Gasteiger partial charge in [0.2, 0.25) is 11.8 Å². The fourth-order valence-electron chi connectivity index (χ4n) is 1.53. The van der Waals surface area contributed by atoms with Crippen molar-refractivity contribution >= 4 is 17.5 Å². The van der Waals surface area contributed by atoms with Gasteiger partial charge in [-0.3, -0.25) is 9.59 Å². The highest BCUT2D eigenvalue weighted by atomic mass is 16.2. The maximum atomic E-state index is 11.5. The van der Waals surface area contributed by atoms with Crippen LogP contribution < -0.4 is 16.8 Å². The maximum Gasteiger partial charge on any atom is 0.249 e. The van der Waals surface area contributed by atoms with Gasteiger partial charge in [0.15, 0.2) is 0 Å². The van der Waals surface area contributed by atoms with E-state index in [1.165, 1.54) is 0 Å². The Balaban J connectivity index is 2.89. The summed E-state index contributed by atoms with van der Waals surface area (Å²) in [5, 5.41) is 2.71. The number of benzene rings is 1. The van der Waals surface area contributed by atoms with E-state index in [1.807, 2.05) is 0 Å².